The van der Waals surface area contributed by atoms with Crippen LogP contribution in [0.5, 0.6) is 5.75 Å². The number of aryl methyl sites for hydroxylation is 3. The second-order valence-corrected chi connectivity index (χ2v) is 9.58. The Bertz CT molecular complexity index is 1630. The lowest BCUT2D eigenvalue weighted by molar-refractivity contribution is 0.0763. The Kier molecular flexibility index (Phi) is 6.98. The molecule has 4 rings (SSSR count). The maximum absolute atomic E-state index is 14.1. The highest BCUT2D eigenvalue weighted by atomic mass is 35.5. The predicted octanol–water partition coefficient (Wildman–Crippen LogP) is 3.70. The lowest BCUT2D eigenvalue weighted by atomic mass is 10.0. The third kappa shape index (κ3) is 5.16. The summed E-state index contributed by atoms with van der Waals surface area (Å²) in [6.07, 6.45) is 5.63. The predicted molar refractivity (Wildman–Crippen MR) is 136 cm³/mol. The Hall–Kier alpha value is -3.89. The van der Waals surface area contributed by atoms with E-state index in [1.165, 1.54) is 54.0 Å². The quantitative estimate of drug-likeness (QED) is 0.408. The number of nitrogens with zero attached hydrogens (tertiary/aromatic N) is 5. The molecule has 0 radical (unpaired) electrons. The Morgan fingerprint density at radius 2 is 1.78 bits per heavy atom. The number of hydrogen-bond acceptors (Lipinski definition) is 7. The fraction of sp³-hybridized carbons (Fsp3) is 0.269. The van der Waals surface area contributed by atoms with E-state index < -0.39 is 22.5 Å². The Morgan fingerprint density at radius 1 is 1.05 bits per heavy atom. The highest BCUT2D eigenvalue weighted by molar-refractivity contribution is 6.31. The number of ether oxygens (including phenoxy) is 1. The summed E-state index contributed by atoms with van der Waals surface area (Å²) in [6, 6.07) is 4.47. The van der Waals surface area contributed by atoms with Gasteiger partial charge in [-0.3, -0.25) is 23.7 Å². The fourth-order valence-corrected chi connectivity index (χ4v) is 3.96. The molecule has 0 fully saturated rings. The van der Waals surface area contributed by atoms with E-state index in [2.05, 4.69) is 15.0 Å². The van der Waals surface area contributed by atoms with Crippen LogP contribution in [0.3, 0.4) is 0 Å². The lowest BCUT2D eigenvalue weighted by Crippen LogP contribution is -2.32. The van der Waals surface area contributed by atoms with Gasteiger partial charge in [0, 0.05) is 36.4 Å². The summed E-state index contributed by atoms with van der Waals surface area (Å²) in [7, 11) is 0. The molecular formula is C26H25ClFN5O4. The van der Waals surface area contributed by atoms with Crippen molar-refractivity contribution in [2.75, 3.05) is 0 Å². The van der Waals surface area contributed by atoms with Gasteiger partial charge >= 0.3 is 0 Å². The van der Waals surface area contributed by atoms with Crippen LogP contribution >= 0.6 is 11.6 Å². The first-order chi connectivity index (χ1) is 17.4. The second kappa shape index (κ2) is 9.87. The summed E-state index contributed by atoms with van der Waals surface area (Å²) < 4.78 is 22.4. The standard InChI is InChI=1S/C26H25ClFN5O4/c1-14-6-18(28)19(30-9-14)12-37-21-7-16(3)33(25(35)23(21)27)20-8-22(31-10-15(20)2)32-13-29-11-17(24(32)34)26(4,5)36/h6-11,13,36H,12H2,1-5H3. The average molecular weight is 526 g/mol. The number of aliphatic hydroxyl groups is 1. The molecule has 9 nitrogen and oxygen atoms in total. The van der Waals surface area contributed by atoms with Gasteiger partial charge in [-0.1, -0.05) is 11.6 Å². The van der Waals surface area contributed by atoms with Crippen LogP contribution < -0.4 is 15.9 Å². The maximum Gasteiger partial charge on any atom is 0.277 e. The summed E-state index contributed by atoms with van der Waals surface area (Å²) in [6.45, 7) is 7.95. The number of aromatic nitrogens is 5. The summed E-state index contributed by atoms with van der Waals surface area (Å²) in [5.41, 5.74) is -0.0437. The zero-order chi connectivity index (χ0) is 27.1. The Labute approximate surface area is 216 Å². The van der Waals surface area contributed by atoms with Gasteiger partial charge in [0.1, 0.15) is 41.0 Å². The smallest absolute Gasteiger partial charge is 0.277 e. The van der Waals surface area contributed by atoms with Crippen molar-refractivity contribution in [3.63, 3.8) is 0 Å². The monoisotopic (exact) mass is 525 g/mol. The lowest BCUT2D eigenvalue weighted by Gasteiger charge is -2.19. The largest absolute Gasteiger partial charge is 0.485 e. The van der Waals surface area contributed by atoms with Crippen LogP contribution in [0.1, 0.15) is 41.9 Å². The maximum atomic E-state index is 14.1. The molecule has 4 aromatic rings. The van der Waals surface area contributed by atoms with Gasteiger partial charge in [-0.25, -0.2) is 14.4 Å². The topological polar surface area (TPSA) is 112 Å². The minimum absolute atomic E-state index is 0.0884. The molecule has 37 heavy (non-hydrogen) atoms. The van der Waals surface area contributed by atoms with Crippen LogP contribution in [0.4, 0.5) is 4.39 Å². The molecule has 11 heteroatoms. The van der Waals surface area contributed by atoms with Crippen molar-refractivity contribution >= 4 is 11.6 Å². The van der Waals surface area contributed by atoms with Crippen LogP contribution in [0.25, 0.3) is 11.5 Å². The van der Waals surface area contributed by atoms with Crippen molar-refractivity contribution in [3.8, 4) is 17.3 Å². The van der Waals surface area contributed by atoms with E-state index in [1.54, 1.807) is 32.9 Å². The third-order valence-electron chi connectivity index (χ3n) is 5.76. The van der Waals surface area contributed by atoms with Crippen molar-refractivity contribution in [3.05, 3.63) is 103 Å². The minimum Gasteiger partial charge on any atom is -0.485 e. The fourth-order valence-electron chi connectivity index (χ4n) is 3.77. The first-order valence-corrected chi connectivity index (χ1v) is 11.7. The van der Waals surface area contributed by atoms with Gasteiger partial charge in [0.05, 0.1) is 16.9 Å². The molecule has 1 N–H and O–H groups in total. The molecular weight excluding hydrogens is 501 g/mol. The van der Waals surface area contributed by atoms with Crippen LogP contribution in [0.15, 0.2) is 52.7 Å². The van der Waals surface area contributed by atoms with Crippen LogP contribution in [-0.2, 0) is 12.2 Å². The van der Waals surface area contributed by atoms with Gasteiger partial charge in [0.2, 0.25) is 0 Å². The van der Waals surface area contributed by atoms with Crippen LogP contribution in [0.2, 0.25) is 5.02 Å². The van der Waals surface area contributed by atoms with Crippen LogP contribution in [0, 0.1) is 26.6 Å². The summed E-state index contributed by atoms with van der Waals surface area (Å²) in [5, 5.41) is 10.1. The molecule has 0 unspecified atom stereocenters. The number of pyridine rings is 3. The molecule has 0 aliphatic carbocycles. The molecule has 0 atom stereocenters. The van der Waals surface area contributed by atoms with Gasteiger partial charge < -0.3 is 9.84 Å². The van der Waals surface area contributed by atoms with E-state index in [4.69, 9.17) is 16.3 Å². The number of halogens is 2. The van der Waals surface area contributed by atoms with Crippen molar-refractivity contribution in [2.45, 2.75) is 46.8 Å². The molecule has 0 aliphatic rings. The first kappa shape index (κ1) is 26.2. The van der Waals surface area contributed by atoms with Gasteiger partial charge in [0.25, 0.3) is 11.1 Å². The normalized spacial score (nSPS) is 11.6. The average Bonchev–Trinajstić information content (AvgIpc) is 2.82. The van der Waals surface area contributed by atoms with Crippen molar-refractivity contribution in [1.29, 1.82) is 0 Å². The van der Waals surface area contributed by atoms with E-state index in [-0.39, 0.29) is 34.5 Å². The molecule has 0 aromatic carbocycles. The number of rotatable bonds is 6. The van der Waals surface area contributed by atoms with E-state index in [1.807, 2.05) is 0 Å². The molecule has 4 aromatic heterocycles. The second-order valence-electron chi connectivity index (χ2n) is 9.20. The van der Waals surface area contributed by atoms with Gasteiger partial charge in [-0.15, -0.1) is 0 Å². The Morgan fingerprint density at radius 3 is 2.46 bits per heavy atom. The van der Waals surface area contributed by atoms with Gasteiger partial charge in [-0.2, -0.15) is 0 Å². The van der Waals surface area contributed by atoms with E-state index in [0.717, 1.165) is 0 Å². The van der Waals surface area contributed by atoms with E-state index >= 15 is 0 Å². The molecule has 0 spiro atoms. The summed E-state index contributed by atoms with van der Waals surface area (Å²) >= 11 is 6.38. The molecule has 4 heterocycles. The van der Waals surface area contributed by atoms with Crippen LogP contribution in [-0.4, -0.2) is 29.2 Å². The molecule has 192 valence electrons. The van der Waals surface area contributed by atoms with Crippen molar-refractivity contribution in [1.82, 2.24) is 24.1 Å². The SMILES string of the molecule is Cc1cnc(COc2cc(C)n(-c3cc(-n4cncc(C(C)(C)O)c4=O)ncc3C)c(=O)c2Cl)c(F)c1. The summed E-state index contributed by atoms with van der Waals surface area (Å²) in [4.78, 5) is 38.7. The molecule has 0 bridgehead atoms. The van der Waals surface area contributed by atoms with Crippen molar-refractivity contribution < 1.29 is 14.2 Å². The van der Waals surface area contributed by atoms with Gasteiger partial charge in [0.15, 0.2) is 0 Å². The minimum atomic E-state index is -1.41. The van der Waals surface area contributed by atoms with Gasteiger partial charge in [-0.05, 0) is 51.8 Å². The zero-order valence-corrected chi connectivity index (χ0v) is 21.7. The van der Waals surface area contributed by atoms with Crippen molar-refractivity contribution in [2.24, 2.45) is 0 Å². The van der Waals surface area contributed by atoms with E-state index in [9.17, 15) is 19.1 Å². The molecule has 0 saturated heterocycles. The third-order valence-corrected chi connectivity index (χ3v) is 6.11. The molecule has 0 amide bonds. The number of hydrogen-bond donors (Lipinski definition) is 1. The first-order valence-electron chi connectivity index (χ1n) is 11.3. The highest BCUT2D eigenvalue weighted by Gasteiger charge is 2.23. The molecule has 0 aliphatic heterocycles. The van der Waals surface area contributed by atoms with E-state index in [0.29, 0.717) is 22.5 Å². The zero-order valence-electron chi connectivity index (χ0n) is 20.9. The Balaban J connectivity index is 1.76. The molecule has 0 saturated carbocycles. The highest BCUT2D eigenvalue weighted by Crippen LogP contribution is 2.26. The summed E-state index contributed by atoms with van der Waals surface area (Å²) in [5.74, 6) is -0.222.